The summed E-state index contributed by atoms with van der Waals surface area (Å²) in [6, 6.07) is -0.0417. The van der Waals surface area contributed by atoms with E-state index in [1.807, 2.05) is 6.92 Å². The summed E-state index contributed by atoms with van der Waals surface area (Å²) < 4.78 is 0. The molecule has 0 bridgehead atoms. The fourth-order valence-electron chi connectivity index (χ4n) is 0.553. The Kier molecular flexibility index (Phi) is 15.3. The highest BCUT2D eigenvalue weighted by Gasteiger charge is 2.09. The van der Waals surface area contributed by atoms with Crippen LogP contribution in [0.3, 0.4) is 0 Å². The molecule has 0 saturated carbocycles. The summed E-state index contributed by atoms with van der Waals surface area (Å²) in [5.41, 5.74) is 5.55. The van der Waals surface area contributed by atoms with Crippen LogP contribution in [0, 0.1) is 5.92 Å². The molecule has 0 aliphatic heterocycles. The van der Waals surface area contributed by atoms with E-state index < -0.39 is 0 Å². The summed E-state index contributed by atoms with van der Waals surface area (Å²) in [6.45, 7) is 4.32. The first-order chi connectivity index (χ1) is 5.22. The fraction of sp³-hybridized carbons (Fsp3) is 1.00. The first-order valence-electron chi connectivity index (χ1n) is 3.38. The fourth-order valence-corrected chi connectivity index (χ4v) is 0.553. The molecular weight excluding hydrogens is 372 g/mol. The molecule has 0 aliphatic rings. The number of halogens is 2. The van der Waals surface area contributed by atoms with E-state index in [9.17, 15) is 0 Å². The second-order valence-electron chi connectivity index (χ2n) is 2.35. The molecule has 2 atom stereocenters. The molecule has 0 aromatic rings. The van der Waals surface area contributed by atoms with E-state index in [1.54, 1.807) is 0 Å². The van der Waals surface area contributed by atoms with E-state index in [4.69, 9.17) is 11.0 Å². The predicted molar refractivity (Wildman–Crippen MR) is 64.1 cm³/mol. The molecule has 0 spiro atoms. The van der Waals surface area contributed by atoms with Crippen molar-refractivity contribution in [1.29, 1.82) is 0 Å². The van der Waals surface area contributed by atoms with E-state index in [2.05, 4.69) is 49.0 Å². The van der Waals surface area contributed by atoms with Gasteiger partial charge in [0.2, 0.25) is 0 Å². The van der Waals surface area contributed by atoms with Crippen molar-refractivity contribution in [1.82, 2.24) is 0 Å². The van der Waals surface area contributed by atoms with Gasteiger partial charge >= 0.3 is 0 Å². The molecule has 0 amide bonds. The number of nitrogens with two attached hydrogens (primary N) is 1. The van der Waals surface area contributed by atoms with E-state index >= 15 is 0 Å². The monoisotopic (exact) mass is 387 g/mol. The van der Waals surface area contributed by atoms with Gasteiger partial charge in [-0.3, -0.25) is 5.26 Å². The third-order valence-electron chi connectivity index (χ3n) is 1.64. The Hall–Kier alpha value is 1.34. The van der Waals surface area contributed by atoms with Crippen LogP contribution in [0.4, 0.5) is 0 Å². The van der Waals surface area contributed by atoms with Crippen LogP contribution in [0.15, 0.2) is 0 Å². The Balaban J connectivity index is 0. The highest BCUT2D eigenvalue weighted by atomic mass is 128. The Morgan fingerprint density at radius 3 is 2.27 bits per heavy atom. The van der Waals surface area contributed by atoms with E-state index in [-0.39, 0.29) is 12.6 Å². The highest BCUT2D eigenvalue weighted by molar-refractivity contribution is 15.0. The maximum atomic E-state index is 8.00. The van der Waals surface area contributed by atoms with Crippen molar-refractivity contribution in [3.63, 3.8) is 0 Å². The topological polar surface area (TPSA) is 55.5 Å². The van der Waals surface area contributed by atoms with Gasteiger partial charge in [-0.25, -0.2) is 4.89 Å². The van der Waals surface area contributed by atoms with Crippen LogP contribution in [0.2, 0.25) is 0 Å². The van der Waals surface area contributed by atoms with E-state index in [1.165, 1.54) is 0 Å². The number of hydrogen-bond acceptors (Lipinski definition) is 3. The van der Waals surface area contributed by atoms with Crippen LogP contribution in [0.5, 0.6) is 0 Å². The first-order valence-corrected chi connectivity index (χ1v) is 9.67. The van der Waals surface area contributed by atoms with Crippen molar-refractivity contribution >= 4 is 37.2 Å². The van der Waals surface area contributed by atoms with Gasteiger partial charge in [-0.05, 0) is 5.92 Å². The average Bonchev–Trinajstić information content (AvgIpc) is 2.07. The average molecular weight is 387 g/mol. The third kappa shape index (κ3) is 9.25. The van der Waals surface area contributed by atoms with E-state index in [0.717, 1.165) is 6.42 Å². The molecule has 0 aromatic carbocycles. The molecule has 70 valence electrons. The van der Waals surface area contributed by atoms with Crippen molar-refractivity contribution in [3.05, 3.63) is 0 Å². The zero-order valence-corrected chi connectivity index (χ0v) is 11.1. The maximum Gasteiger partial charge on any atom is 0.0973 e. The highest BCUT2D eigenvalue weighted by Crippen LogP contribution is 2.04. The van der Waals surface area contributed by atoms with Crippen LogP contribution in [-0.2, 0) is 4.89 Å². The summed E-state index contributed by atoms with van der Waals surface area (Å²) in [5, 5.41) is 8.00. The van der Waals surface area contributed by atoms with E-state index in [0.29, 0.717) is 5.92 Å². The lowest BCUT2D eigenvalue weighted by Crippen LogP contribution is -2.32. The molecule has 3 nitrogen and oxygen atoms in total. The van der Waals surface area contributed by atoms with Crippen molar-refractivity contribution in [2.75, 3.05) is 6.61 Å². The van der Waals surface area contributed by atoms with Gasteiger partial charge in [0.15, 0.2) is 0 Å². The molecule has 0 aliphatic carbocycles. The summed E-state index contributed by atoms with van der Waals surface area (Å²) in [6.07, 6.45) is 1.02. The van der Waals surface area contributed by atoms with Crippen LogP contribution in [0.1, 0.15) is 20.3 Å². The van der Waals surface area contributed by atoms with Gasteiger partial charge in [0.1, 0.15) is 0 Å². The SMILES string of the molecule is CCC(C)C(N)COO.II. The summed E-state index contributed by atoms with van der Waals surface area (Å²) >= 11 is 4.24. The molecule has 5 heteroatoms. The van der Waals surface area contributed by atoms with Crippen molar-refractivity contribution < 1.29 is 10.1 Å². The Morgan fingerprint density at radius 2 is 2.00 bits per heavy atom. The molecule has 0 aromatic heterocycles. The number of hydrogen-bond donors (Lipinski definition) is 2. The zero-order valence-electron chi connectivity index (χ0n) is 6.76. The number of rotatable bonds is 4. The molecular formula is C6H15I2NO2. The predicted octanol–water partition coefficient (Wildman–Crippen LogP) is 2.62. The minimum absolute atomic E-state index is 0.0417. The van der Waals surface area contributed by atoms with Crippen LogP contribution >= 0.6 is 37.2 Å². The Labute approximate surface area is 91.3 Å². The van der Waals surface area contributed by atoms with Crippen LogP contribution in [0.25, 0.3) is 0 Å². The lowest BCUT2D eigenvalue weighted by atomic mass is 10.0. The molecule has 3 N–H and O–H groups in total. The minimum Gasteiger partial charge on any atom is -0.325 e. The first kappa shape index (κ1) is 14.8. The lowest BCUT2D eigenvalue weighted by molar-refractivity contribution is -0.247. The zero-order chi connectivity index (χ0) is 9.28. The van der Waals surface area contributed by atoms with Gasteiger partial charge in [0.05, 0.1) is 6.61 Å². The summed E-state index contributed by atoms with van der Waals surface area (Å²) in [5.74, 6) is 0.414. The minimum atomic E-state index is -0.0417. The molecule has 0 saturated heterocycles. The van der Waals surface area contributed by atoms with Crippen molar-refractivity contribution in [3.8, 4) is 0 Å². The van der Waals surface area contributed by atoms with Crippen LogP contribution in [-0.4, -0.2) is 17.9 Å². The molecule has 0 rings (SSSR count). The summed E-state index contributed by atoms with van der Waals surface area (Å²) in [7, 11) is 0. The van der Waals surface area contributed by atoms with Gasteiger partial charge in [0, 0.05) is 43.3 Å². The molecule has 2 unspecified atom stereocenters. The second kappa shape index (κ2) is 11.3. The van der Waals surface area contributed by atoms with Gasteiger partial charge in [0.25, 0.3) is 0 Å². The normalized spacial score (nSPS) is 14.7. The quantitative estimate of drug-likeness (QED) is 0.443. The van der Waals surface area contributed by atoms with Crippen molar-refractivity contribution in [2.45, 2.75) is 26.3 Å². The van der Waals surface area contributed by atoms with Crippen LogP contribution < -0.4 is 5.73 Å². The van der Waals surface area contributed by atoms with Gasteiger partial charge in [-0.2, -0.15) is 0 Å². The molecule has 0 heterocycles. The smallest absolute Gasteiger partial charge is 0.0973 e. The van der Waals surface area contributed by atoms with Gasteiger partial charge in [-0.1, -0.05) is 20.3 Å². The lowest BCUT2D eigenvalue weighted by Gasteiger charge is -2.15. The third-order valence-corrected chi connectivity index (χ3v) is 1.64. The Bertz CT molecular complexity index is 75.6. The largest absolute Gasteiger partial charge is 0.325 e. The van der Waals surface area contributed by atoms with Crippen molar-refractivity contribution in [2.24, 2.45) is 11.7 Å². The Morgan fingerprint density at radius 1 is 1.55 bits per heavy atom. The second-order valence-corrected chi connectivity index (χ2v) is 2.35. The molecule has 11 heavy (non-hydrogen) atoms. The molecule has 0 radical (unpaired) electrons. The maximum absolute atomic E-state index is 8.00. The standard InChI is InChI=1S/C6H15NO2.I2/c1-3-5(2)6(7)4-9-8;1-2/h5-6,8H,3-4,7H2,1-2H3;. The molecule has 0 fully saturated rings. The van der Waals surface area contributed by atoms with Gasteiger partial charge < -0.3 is 5.73 Å². The van der Waals surface area contributed by atoms with Gasteiger partial charge in [-0.15, -0.1) is 0 Å². The summed E-state index contributed by atoms with van der Waals surface area (Å²) in [4.78, 5) is 3.90.